The largest absolute Gasteiger partial charge is 0.496 e. The fraction of sp³-hybridized carbons (Fsp3) is 0.0667. The number of hydrogen-bond donors (Lipinski definition) is 1. The Bertz CT molecular complexity index is 840. The number of rotatable bonds is 2. The fourth-order valence-corrected chi connectivity index (χ4v) is 2.17. The number of methoxy groups -OCH3 is 1. The minimum Gasteiger partial charge on any atom is -0.496 e. The first-order valence-electron chi connectivity index (χ1n) is 6.12. The molecule has 5 heteroatoms. The number of nitrogens with zero attached hydrogens (tertiary/aromatic N) is 2. The van der Waals surface area contributed by atoms with Gasteiger partial charge in [0.2, 0.25) is 0 Å². The molecule has 1 heterocycles. The molecule has 2 aromatic carbocycles. The van der Waals surface area contributed by atoms with Crippen molar-refractivity contribution >= 4 is 10.9 Å². The Morgan fingerprint density at radius 3 is 2.60 bits per heavy atom. The van der Waals surface area contributed by atoms with Crippen LogP contribution in [0.4, 0.5) is 0 Å². The number of para-hydroxylation sites is 2. The lowest BCUT2D eigenvalue weighted by atomic mass is 10.1. The van der Waals surface area contributed by atoms with Crippen LogP contribution in [0.5, 0.6) is 5.75 Å². The third-order valence-corrected chi connectivity index (χ3v) is 3.16. The van der Waals surface area contributed by atoms with E-state index in [-0.39, 0.29) is 5.56 Å². The maximum atomic E-state index is 12.3. The number of benzene rings is 2. The fourth-order valence-electron chi connectivity index (χ4n) is 2.17. The second kappa shape index (κ2) is 4.70. The first-order valence-corrected chi connectivity index (χ1v) is 6.12. The Morgan fingerprint density at radius 2 is 1.80 bits per heavy atom. The molecule has 0 aliphatic carbocycles. The van der Waals surface area contributed by atoms with E-state index in [1.807, 2.05) is 24.3 Å². The predicted octanol–water partition coefficient (Wildman–Crippen LogP) is 1.79. The Kier molecular flexibility index (Phi) is 2.87. The van der Waals surface area contributed by atoms with E-state index in [9.17, 15) is 4.79 Å². The van der Waals surface area contributed by atoms with Gasteiger partial charge in [0, 0.05) is 0 Å². The number of nitrogen functional groups attached to an aromatic ring is 1. The van der Waals surface area contributed by atoms with Gasteiger partial charge in [0.25, 0.3) is 5.56 Å². The SMILES string of the molecule is COc1ccccc1-c1nc2ccccc2c(=O)n1N. The summed E-state index contributed by atoms with van der Waals surface area (Å²) in [4.78, 5) is 16.8. The third kappa shape index (κ3) is 1.80. The number of fused-ring (bicyclic) bond motifs is 1. The average Bonchev–Trinajstić information content (AvgIpc) is 2.51. The summed E-state index contributed by atoms with van der Waals surface area (Å²) in [5, 5.41) is 0.494. The standard InChI is InChI=1S/C15H13N3O2/c1-20-13-9-5-3-7-11(13)14-17-12-8-4-2-6-10(12)15(19)18(14)16/h2-9H,16H2,1H3. The quantitative estimate of drug-likeness (QED) is 0.719. The lowest BCUT2D eigenvalue weighted by Crippen LogP contribution is -2.29. The zero-order chi connectivity index (χ0) is 14.1. The monoisotopic (exact) mass is 267 g/mol. The summed E-state index contributed by atoms with van der Waals surface area (Å²) in [6, 6.07) is 14.4. The highest BCUT2D eigenvalue weighted by atomic mass is 16.5. The topological polar surface area (TPSA) is 70.1 Å². The van der Waals surface area contributed by atoms with Crippen LogP contribution in [0.1, 0.15) is 0 Å². The van der Waals surface area contributed by atoms with Crippen molar-refractivity contribution in [1.29, 1.82) is 0 Å². The number of aromatic nitrogens is 2. The van der Waals surface area contributed by atoms with Crippen LogP contribution in [0.15, 0.2) is 53.3 Å². The molecule has 0 atom stereocenters. The van der Waals surface area contributed by atoms with Gasteiger partial charge >= 0.3 is 0 Å². The van der Waals surface area contributed by atoms with Crippen LogP contribution >= 0.6 is 0 Å². The molecule has 0 aliphatic rings. The predicted molar refractivity (Wildman–Crippen MR) is 78.1 cm³/mol. The maximum Gasteiger partial charge on any atom is 0.280 e. The molecule has 0 bridgehead atoms. The van der Waals surface area contributed by atoms with Crippen LogP contribution in [0.25, 0.3) is 22.3 Å². The molecule has 0 saturated carbocycles. The molecule has 100 valence electrons. The van der Waals surface area contributed by atoms with Crippen LogP contribution in [-0.4, -0.2) is 16.8 Å². The highest BCUT2D eigenvalue weighted by Gasteiger charge is 2.13. The summed E-state index contributed by atoms with van der Waals surface area (Å²) in [6.07, 6.45) is 0. The molecule has 0 unspecified atom stereocenters. The van der Waals surface area contributed by atoms with Crippen LogP contribution in [-0.2, 0) is 0 Å². The van der Waals surface area contributed by atoms with Gasteiger partial charge in [-0.15, -0.1) is 0 Å². The second-order valence-corrected chi connectivity index (χ2v) is 4.33. The lowest BCUT2D eigenvalue weighted by molar-refractivity contribution is 0.416. The lowest BCUT2D eigenvalue weighted by Gasteiger charge is -2.11. The average molecular weight is 267 g/mol. The maximum absolute atomic E-state index is 12.3. The first-order chi connectivity index (χ1) is 9.72. The van der Waals surface area contributed by atoms with Gasteiger partial charge in [0.15, 0.2) is 5.82 Å². The van der Waals surface area contributed by atoms with E-state index >= 15 is 0 Å². The molecule has 2 N–H and O–H groups in total. The molecule has 0 amide bonds. The van der Waals surface area contributed by atoms with E-state index < -0.39 is 0 Å². The van der Waals surface area contributed by atoms with E-state index in [1.54, 1.807) is 31.4 Å². The molecule has 3 rings (SSSR count). The van der Waals surface area contributed by atoms with Gasteiger partial charge in [-0.1, -0.05) is 24.3 Å². The normalized spacial score (nSPS) is 10.7. The molecular formula is C15H13N3O2. The van der Waals surface area contributed by atoms with E-state index in [4.69, 9.17) is 10.6 Å². The Hall–Kier alpha value is -2.82. The zero-order valence-electron chi connectivity index (χ0n) is 10.9. The molecule has 3 aromatic rings. The Balaban J connectivity index is 2.37. The van der Waals surface area contributed by atoms with Crippen molar-refractivity contribution in [3.05, 3.63) is 58.9 Å². The molecule has 0 aliphatic heterocycles. The second-order valence-electron chi connectivity index (χ2n) is 4.33. The summed E-state index contributed by atoms with van der Waals surface area (Å²) < 4.78 is 6.35. The summed E-state index contributed by atoms with van der Waals surface area (Å²) in [6.45, 7) is 0. The van der Waals surface area contributed by atoms with Gasteiger partial charge in [-0.3, -0.25) is 4.79 Å². The van der Waals surface area contributed by atoms with Gasteiger partial charge < -0.3 is 10.6 Å². The molecule has 0 fully saturated rings. The summed E-state index contributed by atoms with van der Waals surface area (Å²) in [5.74, 6) is 6.89. The van der Waals surface area contributed by atoms with Crippen molar-refractivity contribution in [2.24, 2.45) is 0 Å². The highest BCUT2D eigenvalue weighted by Crippen LogP contribution is 2.27. The van der Waals surface area contributed by atoms with Crippen molar-refractivity contribution in [2.75, 3.05) is 13.0 Å². The minimum atomic E-state index is -0.281. The Labute approximate surface area is 115 Å². The number of nitrogens with two attached hydrogens (primary N) is 1. The minimum absolute atomic E-state index is 0.281. The van der Waals surface area contributed by atoms with Crippen LogP contribution < -0.4 is 16.1 Å². The molecule has 0 radical (unpaired) electrons. The van der Waals surface area contributed by atoms with E-state index in [1.165, 1.54) is 0 Å². The van der Waals surface area contributed by atoms with E-state index in [2.05, 4.69) is 4.98 Å². The van der Waals surface area contributed by atoms with E-state index in [0.717, 1.165) is 4.68 Å². The van der Waals surface area contributed by atoms with E-state index in [0.29, 0.717) is 28.0 Å². The molecule has 0 saturated heterocycles. The first kappa shape index (κ1) is 12.2. The number of ether oxygens (including phenoxy) is 1. The van der Waals surface area contributed by atoms with Gasteiger partial charge in [-0.25, -0.2) is 9.66 Å². The molecular weight excluding hydrogens is 254 g/mol. The van der Waals surface area contributed by atoms with Crippen molar-refractivity contribution in [2.45, 2.75) is 0 Å². The summed E-state index contributed by atoms with van der Waals surface area (Å²) >= 11 is 0. The van der Waals surface area contributed by atoms with Crippen LogP contribution in [0, 0.1) is 0 Å². The molecule has 1 aromatic heterocycles. The van der Waals surface area contributed by atoms with Crippen molar-refractivity contribution in [3.8, 4) is 17.1 Å². The van der Waals surface area contributed by atoms with Crippen LogP contribution in [0.3, 0.4) is 0 Å². The van der Waals surface area contributed by atoms with Gasteiger partial charge in [-0.05, 0) is 24.3 Å². The molecule has 0 spiro atoms. The van der Waals surface area contributed by atoms with Crippen molar-refractivity contribution in [3.63, 3.8) is 0 Å². The van der Waals surface area contributed by atoms with Crippen LogP contribution in [0.2, 0.25) is 0 Å². The highest BCUT2D eigenvalue weighted by molar-refractivity contribution is 5.80. The molecule has 5 nitrogen and oxygen atoms in total. The molecule has 20 heavy (non-hydrogen) atoms. The van der Waals surface area contributed by atoms with Gasteiger partial charge in [0.1, 0.15) is 5.75 Å². The Morgan fingerprint density at radius 1 is 1.10 bits per heavy atom. The van der Waals surface area contributed by atoms with Crippen molar-refractivity contribution in [1.82, 2.24) is 9.66 Å². The zero-order valence-corrected chi connectivity index (χ0v) is 10.9. The third-order valence-electron chi connectivity index (χ3n) is 3.16. The van der Waals surface area contributed by atoms with Crippen molar-refractivity contribution < 1.29 is 4.74 Å². The van der Waals surface area contributed by atoms with Gasteiger partial charge in [-0.2, -0.15) is 0 Å². The number of hydrogen-bond acceptors (Lipinski definition) is 4. The van der Waals surface area contributed by atoms with Gasteiger partial charge in [0.05, 0.1) is 23.6 Å². The summed E-state index contributed by atoms with van der Waals surface area (Å²) in [7, 11) is 1.57. The smallest absolute Gasteiger partial charge is 0.280 e. The summed E-state index contributed by atoms with van der Waals surface area (Å²) in [5.41, 5.74) is 1.01.